The Kier molecular flexibility index (Phi) is 6.92. The normalized spacial score (nSPS) is 22.9. The van der Waals surface area contributed by atoms with E-state index in [-0.39, 0.29) is 33.9 Å². The zero-order valence-corrected chi connectivity index (χ0v) is 24.3. The number of halogens is 4. The Morgan fingerprint density at radius 2 is 2.02 bits per heavy atom. The molecule has 0 saturated carbocycles. The van der Waals surface area contributed by atoms with Gasteiger partial charge in [-0.2, -0.15) is 15.1 Å². The lowest BCUT2D eigenvalue weighted by Gasteiger charge is -2.31. The van der Waals surface area contributed by atoms with E-state index in [1.54, 1.807) is 14.1 Å². The molecule has 6 rings (SSSR count). The smallest absolute Gasteiger partial charge is 0.319 e. The van der Waals surface area contributed by atoms with Crippen molar-refractivity contribution in [2.75, 3.05) is 45.2 Å². The number of nitrogens with zero attached hydrogens (tertiary/aromatic N) is 7. The highest BCUT2D eigenvalue weighted by atomic mass is 79.9. The predicted octanol–water partition coefficient (Wildman–Crippen LogP) is 4.24. The number of aryl methyl sites for hydroxylation is 1. The fourth-order valence-electron chi connectivity index (χ4n) is 6.33. The number of benzene rings is 1. The average Bonchev–Trinajstić information content (AvgIpc) is 3.48. The number of fused-ring (bicyclic) bond motifs is 3. The van der Waals surface area contributed by atoms with Crippen molar-refractivity contribution in [1.82, 2.24) is 29.5 Å². The molecule has 0 bridgehead atoms. The van der Waals surface area contributed by atoms with Crippen LogP contribution in [0.15, 0.2) is 10.5 Å². The number of carbonyl (C=O) groups excluding carboxylic acids is 1. The number of carbonyl (C=O) groups is 1. The van der Waals surface area contributed by atoms with Gasteiger partial charge in [-0.3, -0.25) is 14.4 Å². The summed E-state index contributed by atoms with van der Waals surface area (Å²) in [6.45, 7) is 4.67. The molecule has 0 radical (unpaired) electrons. The van der Waals surface area contributed by atoms with E-state index in [4.69, 9.17) is 4.74 Å². The number of ether oxygens (including phenoxy) is 1. The van der Waals surface area contributed by atoms with Crippen molar-refractivity contribution in [3.05, 3.63) is 39.1 Å². The molecule has 40 heavy (non-hydrogen) atoms. The minimum absolute atomic E-state index is 0.0404. The van der Waals surface area contributed by atoms with Crippen LogP contribution in [-0.4, -0.2) is 87.5 Å². The van der Waals surface area contributed by atoms with Crippen LogP contribution < -0.4 is 9.64 Å². The first kappa shape index (κ1) is 27.3. The zero-order chi connectivity index (χ0) is 28.3. The van der Waals surface area contributed by atoms with E-state index < -0.39 is 23.3 Å². The quantitative estimate of drug-likeness (QED) is 0.394. The number of hydrogen-bond acceptors (Lipinski definition) is 7. The summed E-state index contributed by atoms with van der Waals surface area (Å²) >= 11 is 2.99. The minimum atomic E-state index is -0.914. The number of alkyl halides is 1. The summed E-state index contributed by atoms with van der Waals surface area (Å²) in [6, 6.07) is 1.18. The van der Waals surface area contributed by atoms with E-state index >= 15 is 4.39 Å². The molecule has 0 aliphatic carbocycles. The summed E-state index contributed by atoms with van der Waals surface area (Å²) in [7, 11) is 3.36. The van der Waals surface area contributed by atoms with Gasteiger partial charge in [0.2, 0.25) is 0 Å². The Morgan fingerprint density at radius 1 is 1.23 bits per heavy atom. The summed E-state index contributed by atoms with van der Waals surface area (Å²) in [6.07, 6.45) is 1.90. The first-order valence-corrected chi connectivity index (χ1v) is 14.3. The van der Waals surface area contributed by atoms with Crippen LogP contribution in [-0.2, 0) is 13.1 Å². The van der Waals surface area contributed by atoms with Crippen molar-refractivity contribution in [3.8, 4) is 6.01 Å². The Balaban J connectivity index is 1.40. The fourth-order valence-corrected chi connectivity index (χ4v) is 6.63. The molecular weight excluding hydrogens is 591 g/mol. The molecule has 3 aromatic rings. The average molecular weight is 622 g/mol. The second-order valence-electron chi connectivity index (χ2n) is 11.2. The van der Waals surface area contributed by atoms with E-state index in [0.717, 1.165) is 30.6 Å². The molecule has 13 heteroatoms. The molecule has 1 amide bonds. The number of anilines is 1. The standard InChI is InChI=1S/C27H31BrF3N7O2/c1-15-19-13-36(7-5-9-38(19)34-22(15)25(39)35(2)3)24-17-10-18(30)20(28)21(31)23(17)32-26(33-24)40-14-27-6-4-8-37(27)12-16(29)11-27/h10,16H,4-9,11-14H2,1-3H3/t16-,27+/m1/s1. The van der Waals surface area contributed by atoms with Gasteiger partial charge in [-0.25, -0.2) is 13.2 Å². The van der Waals surface area contributed by atoms with Crippen LogP contribution in [0.5, 0.6) is 6.01 Å². The Bertz CT molecular complexity index is 1500. The molecule has 214 valence electrons. The van der Waals surface area contributed by atoms with Gasteiger partial charge in [0.05, 0.1) is 22.3 Å². The molecule has 0 unspecified atom stereocenters. The molecule has 2 aromatic heterocycles. The van der Waals surface area contributed by atoms with Gasteiger partial charge in [0.1, 0.15) is 29.9 Å². The van der Waals surface area contributed by atoms with E-state index in [1.807, 2.05) is 16.5 Å². The van der Waals surface area contributed by atoms with Crippen molar-refractivity contribution < 1.29 is 22.7 Å². The van der Waals surface area contributed by atoms with Crippen molar-refractivity contribution in [1.29, 1.82) is 0 Å². The third-order valence-electron chi connectivity index (χ3n) is 8.38. The van der Waals surface area contributed by atoms with Gasteiger partial charge in [0, 0.05) is 51.1 Å². The molecule has 2 fully saturated rings. The fraction of sp³-hybridized carbons (Fsp3) is 0.556. The molecule has 3 aliphatic heterocycles. The van der Waals surface area contributed by atoms with Crippen LogP contribution in [0.25, 0.3) is 10.9 Å². The molecular formula is C27H31BrF3N7O2. The van der Waals surface area contributed by atoms with Crippen LogP contribution in [0, 0.1) is 18.6 Å². The third kappa shape index (κ3) is 4.50. The summed E-state index contributed by atoms with van der Waals surface area (Å²) in [5.74, 6) is -1.47. The predicted molar refractivity (Wildman–Crippen MR) is 146 cm³/mol. The third-order valence-corrected chi connectivity index (χ3v) is 9.11. The first-order valence-electron chi connectivity index (χ1n) is 13.5. The van der Waals surface area contributed by atoms with E-state index in [0.29, 0.717) is 50.5 Å². The van der Waals surface area contributed by atoms with Gasteiger partial charge in [-0.05, 0) is 54.7 Å². The Morgan fingerprint density at radius 3 is 2.80 bits per heavy atom. The lowest BCUT2D eigenvalue weighted by atomic mass is 9.95. The molecule has 3 aliphatic rings. The largest absolute Gasteiger partial charge is 0.461 e. The topological polar surface area (TPSA) is 79.6 Å². The zero-order valence-electron chi connectivity index (χ0n) is 22.7. The summed E-state index contributed by atoms with van der Waals surface area (Å²) in [5, 5.41) is 4.78. The molecule has 2 atom stereocenters. The van der Waals surface area contributed by atoms with Crippen LogP contribution in [0.2, 0.25) is 0 Å². The second kappa shape index (κ2) is 10.2. The van der Waals surface area contributed by atoms with Gasteiger partial charge < -0.3 is 14.5 Å². The Labute approximate surface area is 238 Å². The maximum absolute atomic E-state index is 15.4. The first-order chi connectivity index (χ1) is 19.1. The van der Waals surface area contributed by atoms with Gasteiger partial charge in [0.15, 0.2) is 11.5 Å². The molecule has 0 spiro atoms. The maximum Gasteiger partial charge on any atom is 0.319 e. The van der Waals surface area contributed by atoms with E-state index in [1.165, 1.54) is 11.0 Å². The monoisotopic (exact) mass is 621 g/mol. The van der Waals surface area contributed by atoms with E-state index in [2.05, 4.69) is 35.9 Å². The minimum Gasteiger partial charge on any atom is -0.461 e. The molecule has 1 aromatic carbocycles. The molecule has 9 nitrogen and oxygen atoms in total. The SMILES string of the molecule is Cc1c(C(=O)N(C)C)nn2c1CN(c1nc(OC[C@@]34CCCN3C[C@H](F)C4)nc3c(F)c(Br)c(F)cc13)CCC2. The summed E-state index contributed by atoms with van der Waals surface area (Å²) in [4.78, 5) is 27.3. The van der Waals surface area contributed by atoms with Crippen LogP contribution in [0.4, 0.5) is 19.0 Å². The number of aromatic nitrogens is 4. The summed E-state index contributed by atoms with van der Waals surface area (Å²) < 4.78 is 52.0. The van der Waals surface area contributed by atoms with Gasteiger partial charge in [-0.15, -0.1) is 0 Å². The second-order valence-corrected chi connectivity index (χ2v) is 12.0. The maximum atomic E-state index is 15.4. The molecule has 2 saturated heterocycles. The Hall–Kier alpha value is -2.93. The van der Waals surface area contributed by atoms with Crippen LogP contribution in [0.3, 0.4) is 0 Å². The van der Waals surface area contributed by atoms with Crippen LogP contribution in [0.1, 0.15) is 47.4 Å². The lowest BCUT2D eigenvalue weighted by molar-refractivity contribution is 0.0820. The van der Waals surface area contributed by atoms with Crippen molar-refractivity contribution in [2.24, 2.45) is 0 Å². The highest BCUT2D eigenvalue weighted by Crippen LogP contribution is 2.41. The van der Waals surface area contributed by atoms with Crippen molar-refractivity contribution in [3.63, 3.8) is 0 Å². The van der Waals surface area contributed by atoms with Gasteiger partial charge >= 0.3 is 6.01 Å². The number of hydrogen-bond donors (Lipinski definition) is 0. The molecule has 0 N–H and O–H groups in total. The number of rotatable bonds is 5. The van der Waals surface area contributed by atoms with Crippen molar-refractivity contribution >= 4 is 38.6 Å². The summed E-state index contributed by atoms with van der Waals surface area (Å²) in [5.41, 5.74) is 1.46. The van der Waals surface area contributed by atoms with Crippen molar-refractivity contribution in [2.45, 2.75) is 57.4 Å². The van der Waals surface area contributed by atoms with Crippen LogP contribution >= 0.6 is 15.9 Å². The molecule has 5 heterocycles. The van der Waals surface area contributed by atoms with E-state index in [9.17, 15) is 13.6 Å². The van der Waals surface area contributed by atoms with Gasteiger partial charge in [-0.1, -0.05) is 0 Å². The highest BCUT2D eigenvalue weighted by molar-refractivity contribution is 9.10. The highest BCUT2D eigenvalue weighted by Gasteiger charge is 2.49. The lowest BCUT2D eigenvalue weighted by Crippen LogP contribution is -2.43. The van der Waals surface area contributed by atoms with Gasteiger partial charge in [0.25, 0.3) is 5.91 Å². The number of amides is 1.